The maximum atomic E-state index is 13.3. The molecule has 152 valence electrons. The molecule has 0 spiro atoms. The Morgan fingerprint density at radius 3 is 2.61 bits per heavy atom. The van der Waals surface area contributed by atoms with Crippen LogP contribution in [0.15, 0.2) is 24.3 Å². The maximum Gasteiger partial charge on any atom is 0.281 e. The standard InChI is InChI=1S/C19H25N3O4S2/c1-20(2)28(24,25)22-8-7-14(13-22)17-15-5-3-4-6-16(15)27-18(17)19(23)21-9-11-26-12-10-21/h3-6,14H,7-13H2,1-2H3. The van der Waals surface area contributed by atoms with Crippen molar-refractivity contribution in [2.24, 2.45) is 0 Å². The van der Waals surface area contributed by atoms with E-state index in [2.05, 4.69) is 0 Å². The van der Waals surface area contributed by atoms with E-state index >= 15 is 0 Å². The second-order valence-corrected chi connectivity index (χ2v) is 10.6. The molecule has 1 amide bonds. The van der Waals surface area contributed by atoms with Gasteiger partial charge in [-0.3, -0.25) is 4.79 Å². The molecule has 1 atom stereocenters. The van der Waals surface area contributed by atoms with Crippen molar-refractivity contribution in [3.63, 3.8) is 0 Å². The van der Waals surface area contributed by atoms with Crippen LogP contribution in [0.2, 0.25) is 0 Å². The Labute approximate surface area is 169 Å². The van der Waals surface area contributed by atoms with Crippen LogP contribution in [0, 0.1) is 0 Å². The van der Waals surface area contributed by atoms with Gasteiger partial charge in [-0.05, 0) is 23.4 Å². The Bertz CT molecular complexity index is 980. The molecule has 0 radical (unpaired) electrons. The summed E-state index contributed by atoms with van der Waals surface area (Å²) in [4.78, 5) is 15.9. The predicted molar refractivity (Wildman–Crippen MR) is 110 cm³/mol. The molecule has 2 aromatic rings. The first-order valence-corrected chi connectivity index (χ1v) is 11.7. The molecule has 2 aliphatic heterocycles. The van der Waals surface area contributed by atoms with Gasteiger partial charge in [0.1, 0.15) is 0 Å². The Hall–Kier alpha value is -1.52. The van der Waals surface area contributed by atoms with Crippen molar-refractivity contribution in [3.05, 3.63) is 34.7 Å². The molecule has 0 N–H and O–H groups in total. The van der Waals surface area contributed by atoms with E-state index in [0.29, 0.717) is 39.4 Å². The zero-order chi connectivity index (χ0) is 19.9. The van der Waals surface area contributed by atoms with Crippen molar-refractivity contribution >= 4 is 37.5 Å². The van der Waals surface area contributed by atoms with Crippen LogP contribution in [0.3, 0.4) is 0 Å². The van der Waals surface area contributed by atoms with Crippen molar-refractivity contribution < 1.29 is 17.9 Å². The van der Waals surface area contributed by atoms with Crippen LogP contribution >= 0.6 is 11.3 Å². The fourth-order valence-corrected chi connectivity index (χ4v) is 6.37. The summed E-state index contributed by atoms with van der Waals surface area (Å²) in [6.45, 7) is 3.19. The summed E-state index contributed by atoms with van der Waals surface area (Å²) in [5, 5.41) is 1.07. The summed E-state index contributed by atoms with van der Waals surface area (Å²) in [5.74, 6) is 0.0549. The second-order valence-electron chi connectivity index (χ2n) is 7.38. The second kappa shape index (κ2) is 7.72. The molecule has 7 nitrogen and oxygen atoms in total. The molecule has 2 fully saturated rings. The number of amides is 1. The Morgan fingerprint density at radius 1 is 1.18 bits per heavy atom. The van der Waals surface area contributed by atoms with Crippen LogP contribution in [-0.2, 0) is 14.9 Å². The quantitative estimate of drug-likeness (QED) is 0.754. The first kappa shape index (κ1) is 19.8. The number of carbonyl (C=O) groups is 1. The number of nitrogens with zero attached hydrogens (tertiary/aromatic N) is 3. The third-order valence-corrected chi connectivity index (χ3v) is 8.56. The van der Waals surface area contributed by atoms with Gasteiger partial charge in [0.25, 0.3) is 16.1 Å². The van der Waals surface area contributed by atoms with E-state index in [1.807, 2.05) is 29.2 Å². The molecular formula is C19H25N3O4S2. The summed E-state index contributed by atoms with van der Waals surface area (Å²) < 4.78 is 34.3. The van der Waals surface area contributed by atoms with Crippen molar-refractivity contribution in [2.75, 3.05) is 53.5 Å². The van der Waals surface area contributed by atoms with Gasteiger partial charge in [0, 0.05) is 50.9 Å². The fourth-order valence-electron chi connectivity index (χ4n) is 3.94. The number of thiophene rings is 1. The predicted octanol–water partition coefficient (Wildman–Crippen LogP) is 1.97. The maximum absolute atomic E-state index is 13.3. The Balaban J connectivity index is 1.71. The van der Waals surface area contributed by atoms with Gasteiger partial charge in [-0.1, -0.05) is 18.2 Å². The van der Waals surface area contributed by atoms with E-state index in [1.54, 1.807) is 14.1 Å². The highest BCUT2D eigenvalue weighted by atomic mass is 32.2. The van der Waals surface area contributed by atoms with Gasteiger partial charge in [0.05, 0.1) is 18.1 Å². The number of benzene rings is 1. The molecule has 4 rings (SSSR count). The van der Waals surface area contributed by atoms with Crippen LogP contribution in [0.5, 0.6) is 0 Å². The van der Waals surface area contributed by atoms with Crippen LogP contribution < -0.4 is 0 Å². The average Bonchev–Trinajstić information content (AvgIpc) is 3.32. The molecule has 2 saturated heterocycles. The third kappa shape index (κ3) is 3.46. The number of hydrogen-bond acceptors (Lipinski definition) is 5. The van der Waals surface area contributed by atoms with E-state index in [-0.39, 0.29) is 11.8 Å². The van der Waals surface area contributed by atoms with Crippen LogP contribution in [0.25, 0.3) is 10.1 Å². The van der Waals surface area contributed by atoms with Gasteiger partial charge >= 0.3 is 0 Å². The van der Waals surface area contributed by atoms with Crippen molar-refractivity contribution in [1.82, 2.24) is 13.5 Å². The van der Waals surface area contributed by atoms with E-state index in [9.17, 15) is 13.2 Å². The minimum atomic E-state index is -3.45. The smallest absolute Gasteiger partial charge is 0.281 e. The zero-order valence-electron chi connectivity index (χ0n) is 16.1. The van der Waals surface area contributed by atoms with Crippen LogP contribution in [-0.4, -0.2) is 81.3 Å². The SMILES string of the molecule is CN(C)S(=O)(=O)N1CCC(c2c(C(=O)N3CCOCC3)sc3ccccc23)C1. The molecule has 1 unspecified atom stereocenters. The summed E-state index contributed by atoms with van der Waals surface area (Å²) in [6.07, 6.45) is 0.719. The summed E-state index contributed by atoms with van der Waals surface area (Å²) in [5.41, 5.74) is 1.01. The van der Waals surface area contributed by atoms with Gasteiger partial charge in [0.2, 0.25) is 0 Å². The zero-order valence-corrected chi connectivity index (χ0v) is 17.8. The number of hydrogen-bond donors (Lipinski definition) is 0. The summed E-state index contributed by atoms with van der Waals surface area (Å²) in [7, 11) is -0.346. The molecular weight excluding hydrogens is 398 g/mol. The lowest BCUT2D eigenvalue weighted by atomic mass is 9.95. The number of rotatable bonds is 4. The minimum Gasteiger partial charge on any atom is -0.378 e. The van der Waals surface area contributed by atoms with Crippen molar-refractivity contribution in [2.45, 2.75) is 12.3 Å². The van der Waals surface area contributed by atoms with E-state index in [1.165, 1.54) is 19.9 Å². The monoisotopic (exact) mass is 423 g/mol. The van der Waals surface area contributed by atoms with Crippen molar-refractivity contribution in [1.29, 1.82) is 0 Å². The summed E-state index contributed by atoms with van der Waals surface area (Å²) in [6, 6.07) is 8.02. The van der Waals surface area contributed by atoms with Gasteiger partial charge in [-0.2, -0.15) is 17.0 Å². The van der Waals surface area contributed by atoms with Crippen LogP contribution in [0.1, 0.15) is 27.6 Å². The topological polar surface area (TPSA) is 70.2 Å². The molecule has 3 heterocycles. The lowest BCUT2D eigenvalue weighted by molar-refractivity contribution is 0.0305. The molecule has 2 aliphatic rings. The Kier molecular flexibility index (Phi) is 5.45. The lowest BCUT2D eigenvalue weighted by Crippen LogP contribution is -2.41. The first-order chi connectivity index (χ1) is 13.4. The van der Waals surface area contributed by atoms with E-state index < -0.39 is 10.2 Å². The van der Waals surface area contributed by atoms with E-state index in [0.717, 1.165) is 26.9 Å². The molecule has 9 heteroatoms. The highest BCUT2D eigenvalue weighted by molar-refractivity contribution is 7.86. The Morgan fingerprint density at radius 2 is 1.89 bits per heavy atom. The normalized spacial score (nSPS) is 21.7. The van der Waals surface area contributed by atoms with Gasteiger partial charge in [-0.15, -0.1) is 11.3 Å². The molecule has 28 heavy (non-hydrogen) atoms. The number of morpholine rings is 1. The average molecular weight is 424 g/mol. The van der Waals surface area contributed by atoms with Gasteiger partial charge < -0.3 is 9.64 Å². The lowest BCUT2D eigenvalue weighted by Gasteiger charge is -2.27. The number of carbonyl (C=O) groups excluding carboxylic acids is 1. The molecule has 1 aromatic carbocycles. The number of ether oxygens (including phenoxy) is 1. The highest BCUT2D eigenvalue weighted by Gasteiger charge is 2.37. The van der Waals surface area contributed by atoms with E-state index in [4.69, 9.17) is 4.74 Å². The molecule has 0 aliphatic carbocycles. The van der Waals surface area contributed by atoms with Gasteiger partial charge in [0.15, 0.2) is 0 Å². The third-order valence-electron chi connectivity index (χ3n) is 5.47. The molecule has 0 saturated carbocycles. The largest absolute Gasteiger partial charge is 0.378 e. The highest BCUT2D eigenvalue weighted by Crippen LogP contribution is 2.41. The molecule has 0 bridgehead atoms. The van der Waals surface area contributed by atoms with Gasteiger partial charge in [-0.25, -0.2) is 0 Å². The first-order valence-electron chi connectivity index (χ1n) is 9.45. The number of fused-ring (bicyclic) bond motifs is 1. The fraction of sp³-hybridized carbons (Fsp3) is 0.526. The minimum absolute atomic E-state index is 0.0193. The molecule has 1 aromatic heterocycles. The summed E-state index contributed by atoms with van der Waals surface area (Å²) >= 11 is 1.52. The van der Waals surface area contributed by atoms with Crippen LogP contribution in [0.4, 0.5) is 0 Å². The van der Waals surface area contributed by atoms with Crippen molar-refractivity contribution in [3.8, 4) is 0 Å².